The van der Waals surface area contributed by atoms with Crippen LogP contribution in [0.3, 0.4) is 0 Å². The number of amides is 1. The first-order valence-electron chi connectivity index (χ1n) is 8.11. The Bertz CT molecular complexity index is 908. The van der Waals surface area contributed by atoms with Crippen molar-refractivity contribution in [1.82, 2.24) is 4.72 Å². The summed E-state index contributed by atoms with van der Waals surface area (Å²) in [6.07, 6.45) is 2.03. The Hall–Kier alpha value is -2.64. The monoisotopic (exact) mass is 374 g/mol. The predicted octanol–water partition coefficient (Wildman–Crippen LogP) is 2.86. The number of sulfonamides is 1. The van der Waals surface area contributed by atoms with Gasteiger partial charge in [-0.2, -0.15) is 0 Å². The van der Waals surface area contributed by atoms with Crippen molar-refractivity contribution >= 4 is 21.6 Å². The maximum atomic E-state index is 12.0. The smallest absolute Gasteiger partial charge is 0.247 e. The number of carbonyl (C=O) groups is 1. The van der Waals surface area contributed by atoms with E-state index in [-0.39, 0.29) is 10.6 Å². The van der Waals surface area contributed by atoms with Crippen molar-refractivity contribution in [3.05, 3.63) is 66.2 Å². The van der Waals surface area contributed by atoms with Crippen LogP contribution in [0.15, 0.2) is 60.0 Å². The zero-order valence-electron chi connectivity index (χ0n) is 14.8. The molecule has 0 fully saturated rings. The molecule has 0 unspecified atom stereocenters. The highest BCUT2D eigenvalue weighted by molar-refractivity contribution is 7.89. The van der Waals surface area contributed by atoms with Gasteiger partial charge in [-0.25, -0.2) is 13.1 Å². The Labute approximate surface area is 153 Å². The maximum absolute atomic E-state index is 12.0. The van der Waals surface area contributed by atoms with Crippen LogP contribution >= 0.6 is 0 Å². The molecule has 0 aromatic heterocycles. The van der Waals surface area contributed by atoms with E-state index < -0.39 is 15.9 Å². The van der Waals surface area contributed by atoms with Crippen LogP contribution in [0.2, 0.25) is 0 Å². The van der Waals surface area contributed by atoms with Crippen molar-refractivity contribution < 1.29 is 17.9 Å². The molecule has 0 aliphatic heterocycles. The molecule has 2 N–H and O–H groups in total. The summed E-state index contributed by atoms with van der Waals surface area (Å²) in [6.45, 7) is 5.77. The molecule has 0 saturated heterocycles. The fourth-order valence-electron chi connectivity index (χ4n) is 2.30. The largest absolute Gasteiger partial charge is 0.487 e. The molecule has 0 heterocycles. The molecule has 0 radical (unpaired) electrons. The molecule has 0 bridgehead atoms. The Kier molecular flexibility index (Phi) is 6.54. The lowest BCUT2D eigenvalue weighted by atomic mass is 10.1. The number of aryl methyl sites for hydroxylation is 1. The van der Waals surface area contributed by atoms with Gasteiger partial charge in [0.05, 0.1) is 10.6 Å². The summed E-state index contributed by atoms with van der Waals surface area (Å²) in [5, 5.41) is 2.58. The summed E-state index contributed by atoms with van der Waals surface area (Å²) in [5.41, 5.74) is 2.44. The average molecular weight is 374 g/mol. The Morgan fingerprint density at radius 1 is 1.19 bits per heavy atom. The van der Waals surface area contributed by atoms with E-state index in [1.54, 1.807) is 0 Å². The van der Waals surface area contributed by atoms with Gasteiger partial charge in [-0.05, 0) is 48.9 Å². The third kappa shape index (κ3) is 4.93. The van der Waals surface area contributed by atoms with E-state index in [2.05, 4.69) is 23.5 Å². The maximum Gasteiger partial charge on any atom is 0.247 e. The molecule has 7 heteroatoms. The SMILES string of the molecule is C=CC(=O)Nc1cc(S(=O)(=O)NC)ccc1OCc1cccc(CC)c1. The van der Waals surface area contributed by atoms with Gasteiger partial charge in [-0.1, -0.05) is 37.8 Å². The molecule has 2 aromatic rings. The number of hydrogen-bond acceptors (Lipinski definition) is 4. The van der Waals surface area contributed by atoms with Gasteiger partial charge in [0.2, 0.25) is 15.9 Å². The summed E-state index contributed by atoms with van der Waals surface area (Å²) >= 11 is 0. The molecular formula is C19H22N2O4S. The van der Waals surface area contributed by atoms with Gasteiger partial charge in [-0.3, -0.25) is 4.79 Å². The summed E-state index contributed by atoms with van der Waals surface area (Å²) in [5.74, 6) is -0.0843. The van der Waals surface area contributed by atoms with Crippen LogP contribution in [0.4, 0.5) is 5.69 Å². The second kappa shape index (κ2) is 8.64. The molecular weight excluding hydrogens is 352 g/mol. The van der Waals surface area contributed by atoms with Gasteiger partial charge >= 0.3 is 0 Å². The van der Waals surface area contributed by atoms with Crippen LogP contribution in [0.5, 0.6) is 5.75 Å². The number of nitrogens with one attached hydrogen (secondary N) is 2. The van der Waals surface area contributed by atoms with Crippen molar-refractivity contribution in [2.24, 2.45) is 0 Å². The summed E-state index contributed by atoms with van der Waals surface area (Å²) in [4.78, 5) is 11.7. The lowest BCUT2D eigenvalue weighted by Gasteiger charge is -2.14. The van der Waals surface area contributed by atoms with Crippen LogP contribution in [-0.2, 0) is 27.8 Å². The number of hydrogen-bond donors (Lipinski definition) is 2. The van der Waals surface area contributed by atoms with E-state index in [1.165, 1.54) is 30.8 Å². The number of anilines is 1. The normalized spacial score (nSPS) is 11.0. The number of carbonyl (C=O) groups excluding carboxylic acids is 1. The zero-order valence-corrected chi connectivity index (χ0v) is 15.6. The topological polar surface area (TPSA) is 84.5 Å². The van der Waals surface area contributed by atoms with Crippen molar-refractivity contribution in [2.75, 3.05) is 12.4 Å². The molecule has 0 atom stereocenters. The molecule has 138 valence electrons. The molecule has 26 heavy (non-hydrogen) atoms. The third-order valence-corrected chi connectivity index (χ3v) is 5.18. The van der Waals surface area contributed by atoms with Crippen LogP contribution in [0.25, 0.3) is 0 Å². The third-order valence-electron chi connectivity index (χ3n) is 3.77. The molecule has 6 nitrogen and oxygen atoms in total. The Balaban J connectivity index is 2.30. The number of benzene rings is 2. The van der Waals surface area contributed by atoms with Crippen LogP contribution < -0.4 is 14.8 Å². The van der Waals surface area contributed by atoms with Gasteiger partial charge in [-0.15, -0.1) is 0 Å². The highest BCUT2D eigenvalue weighted by Gasteiger charge is 2.16. The van der Waals surface area contributed by atoms with Gasteiger partial charge in [0.15, 0.2) is 0 Å². The molecule has 2 aromatic carbocycles. The summed E-state index contributed by atoms with van der Waals surface area (Å²) in [7, 11) is -2.32. The Morgan fingerprint density at radius 2 is 1.92 bits per heavy atom. The standard InChI is InChI=1S/C19H22N2O4S/c1-4-14-7-6-8-15(11-14)13-25-18-10-9-16(26(23,24)20-3)12-17(18)21-19(22)5-2/h5-12,20H,2,4,13H2,1,3H3,(H,21,22). The van der Waals surface area contributed by atoms with Crippen molar-refractivity contribution in [1.29, 1.82) is 0 Å². The first-order valence-corrected chi connectivity index (χ1v) is 9.59. The summed E-state index contributed by atoms with van der Waals surface area (Å²) < 4.78 is 32.0. The van der Waals surface area contributed by atoms with Gasteiger partial charge in [0, 0.05) is 0 Å². The summed E-state index contributed by atoms with van der Waals surface area (Å²) in [6, 6.07) is 12.3. The van der Waals surface area contributed by atoms with Crippen LogP contribution in [-0.4, -0.2) is 21.4 Å². The molecule has 1 amide bonds. The highest BCUT2D eigenvalue weighted by atomic mass is 32.2. The van der Waals surface area contributed by atoms with E-state index in [4.69, 9.17) is 4.74 Å². The quantitative estimate of drug-likeness (QED) is 0.696. The first kappa shape index (κ1) is 19.7. The Morgan fingerprint density at radius 3 is 2.58 bits per heavy atom. The van der Waals surface area contributed by atoms with Crippen molar-refractivity contribution in [2.45, 2.75) is 24.8 Å². The van der Waals surface area contributed by atoms with E-state index in [1.807, 2.05) is 24.3 Å². The minimum Gasteiger partial charge on any atom is -0.487 e. The van der Waals surface area contributed by atoms with Crippen molar-refractivity contribution in [3.63, 3.8) is 0 Å². The fourth-order valence-corrected chi connectivity index (χ4v) is 3.06. The van der Waals surface area contributed by atoms with Gasteiger partial charge in [0.25, 0.3) is 0 Å². The first-order chi connectivity index (χ1) is 12.4. The fraction of sp³-hybridized carbons (Fsp3) is 0.211. The lowest BCUT2D eigenvalue weighted by molar-refractivity contribution is -0.111. The van der Waals surface area contributed by atoms with Gasteiger partial charge in [0.1, 0.15) is 12.4 Å². The molecule has 0 aliphatic rings. The highest BCUT2D eigenvalue weighted by Crippen LogP contribution is 2.28. The molecule has 0 aliphatic carbocycles. The van der Waals surface area contributed by atoms with Crippen molar-refractivity contribution in [3.8, 4) is 5.75 Å². The second-order valence-electron chi connectivity index (χ2n) is 5.52. The van der Waals surface area contributed by atoms with Crippen LogP contribution in [0, 0.1) is 0 Å². The van der Waals surface area contributed by atoms with E-state index >= 15 is 0 Å². The second-order valence-corrected chi connectivity index (χ2v) is 7.41. The average Bonchev–Trinajstić information content (AvgIpc) is 2.66. The minimum atomic E-state index is -3.64. The van der Waals surface area contributed by atoms with E-state index in [0.717, 1.165) is 18.1 Å². The molecule has 0 spiro atoms. The van der Waals surface area contributed by atoms with Gasteiger partial charge < -0.3 is 10.1 Å². The predicted molar refractivity (Wildman–Crippen MR) is 102 cm³/mol. The molecule has 0 saturated carbocycles. The van der Waals surface area contributed by atoms with E-state index in [0.29, 0.717) is 12.4 Å². The lowest BCUT2D eigenvalue weighted by Crippen LogP contribution is -2.19. The number of ether oxygens (including phenoxy) is 1. The zero-order chi connectivity index (χ0) is 19.2. The number of rotatable bonds is 8. The minimum absolute atomic E-state index is 0.0275. The van der Waals surface area contributed by atoms with E-state index in [9.17, 15) is 13.2 Å². The van der Waals surface area contributed by atoms with Crippen LogP contribution in [0.1, 0.15) is 18.1 Å². The molecule has 2 rings (SSSR count).